The fourth-order valence-electron chi connectivity index (χ4n) is 1.67. The molecule has 0 aliphatic heterocycles. The summed E-state index contributed by atoms with van der Waals surface area (Å²) in [5, 5.41) is 0. The fourth-order valence-corrected chi connectivity index (χ4v) is 4.04. The van der Waals surface area contributed by atoms with Crippen molar-refractivity contribution in [2.75, 3.05) is 7.11 Å². The van der Waals surface area contributed by atoms with Crippen molar-refractivity contribution >= 4 is 36.2 Å². The van der Waals surface area contributed by atoms with Gasteiger partial charge in [0.15, 0.2) is 0 Å². The third-order valence-corrected chi connectivity index (χ3v) is 4.44. The van der Waals surface area contributed by atoms with Crippen LogP contribution in [0.3, 0.4) is 0 Å². The van der Waals surface area contributed by atoms with Crippen molar-refractivity contribution in [3.63, 3.8) is 0 Å². The Hall–Kier alpha value is -0.293. The molecule has 0 aliphatic rings. The summed E-state index contributed by atoms with van der Waals surface area (Å²) in [6.45, 7) is 9.26. The Morgan fingerprint density at radius 2 is 1.94 bits per heavy atom. The fraction of sp³-hybridized carbons (Fsp3) is 0.385. The Bertz CT molecular complexity index is 405. The Labute approximate surface area is 113 Å². The van der Waals surface area contributed by atoms with E-state index in [1.54, 1.807) is 7.11 Å². The van der Waals surface area contributed by atoms with Crippen molar-refractivity contribution in [2.45, 2.75) is 26.6 Å². The van der Waals surface area contributed by atoms with Gasteiger partial charge in [0.05, 0.1) is 15.2 Å². The van der Waals surface area contributed by atoms with Crippen molar-refractivity contribution in [3.8, 4) is 5.75 Å². The number of hydrogen-bond acceptors (Lipinski definition) is 1. The molecule has 0 aromatic heterocycles. The van der Waals surface area contributed by atoms with Gasteiger partial charge < -0.3 is 4.74 Å². The molecule has 0 saturated carbocycles. The first-order chi connectivity index (χ1) is 7.33. The molecule has 1 aromatic rings. The van der Waals surface area contributed by atoms with E-state index in [0.29, 0.717) is 0 Å². The second-order valence-corrected chi connectivity index (χ2v) is 11.2. The highest BCUT2D eigenvalue weighted by atomic mass is 127. The van der Waals surface area contributed by atoms with E-state index in [2.05, 4.69) is 67.0 Å². The lowest BCUT2D eigenvalue weighted by atomic mass is 10.1. The van der Waals surface area contributed by atoms with Crippen molar-refractivity contribution in [1.82, 2.24) is 0 Å². The molecule has 1 aromatic carbocycles. The smallest absolute Gasteiger partial charge is 0.119 e. The van der Waals surface area contributed by atoms with E-state index in [1.165, 1.54) is 14.7 Å². The minimum atomic E-state index is -1.14. The molecule has 1 rings (SSSR count). The van der Waals surface area contributed by atoms with Gasteiger partial charge in [-0.25, -0.2) is 0 Å². The van der Waals surface area contributed by atoms with Crippen LogP contribution in [0, 0.1) is 3.57 Å². The van der Waals surface area contributed by atoms with E-state index in [-0.39, 0.29) is 0 Å². The minimum absolute atomic E-state index is 0.925. The number of benzene rings is 1. The third-order valence-electron chi connectivity index (χ3n) is 2.25. The molecule has 0 heterocycles. The maximum absolute atomic E-state index is 5.22. The Kier molecular flexibility index (Phi) is 4.61. The van der Waals surface area contributed by atoms with Crippen LogP contribution in [-0.4, -0.2) is 15.2 Å². The van der Waals surface area contributed by atoms with E-state index in [1.807, 2.05) is 6.07 Å². The maximum Gasteiger partial charge on any atom is 0.119 e. The normalized spacial score (nSPS) is 12.8. The topological polar surface area (TPSA) is 9.23 Å². The standard InChI is InChI=1S/C13H19IOSi/c1-10(9-16(3,4)5)12-7-6-11(15-2)8-13(12)14/h6-9H,1-5H3/b10-9+. The molecule has 16 heavy (non-hydrogen) atoms. The first-order valence-corrected chi connectivity index (χ1v) is 10.0. The molecule has 0 aliphatic carbocycles. The Morgan fingerprint density at radius 1 is 1.31 bits per heavy atom. The molecule has 1 nitrogen and oxygen atoms in total. The summed E-state index contributed by atoms with van der Waals surface area (Å²) < 4.78 is 6.47. The zero-order chi connectivity index (χ0) is 12.3. The number of ether oxygens (including phenoxy) is 1. The number of halogens is 1. The summed E-state index contributed by atoms with van der Waals surface area (Å²) in [4.78, 5) is 0. The van der Waals surface area contributed by atoms with Gasteiger partial charge in [0.1, 0.15) is 5.75 Å². The quantitative estimate of drug-likeness (QED) is 0.575. The summed E-state index contributed by atoms with van der Waals surface area (Å²) in [6, 6.07) is 6.25. The molecule has 88 valence electrons. The largest absolute Gasteiger partial charge is 0.497 e. The highest BCUT2D eigenvalue weighted by Crippen LogP contribution is 2.26. The van der Waals surface area contributed by atoms with E-state index in [0.717, 1.165) is 5.75 Å². The molecular weight excluding hydrogens is 327 g/mol. The summed E-state index contributed by atoms with van der Waals surface area (Å²) in [7, 11) is 0.560. The van der Waals surface area contributed by atoms with Gasteiger partial charge in [-0.2, -0.15) is 0 Å². The number of allylic oxidation sites excluding steroid dienone is 1. The van der Waals surface area contributed by atoms with Gasteiger partial charge in [-0.05, 0) is 53.3 Å². The molecule has 0 spiro atoms. The first kappa shape index (κ1) is 13.8. The summed E-state index contributed by atoms with van der Waals surface area (Å²) in [5.74, 6) is 0.925. The molecule has 0 bridgehead atoms. The van der Waals surface area contributed by atoms with E-state index < -0.39 is 8.07 Å². The van der Waals surface area contributed by atoms with Crippen LogP contribution < -0.4 is 4.74 Å². The van der Waals surface area contributed by atoms with Crippen LogP contribution in [0.2, 0.25) is 19.6 Å². The van der Waals surface area contributed by atoms with Crippen molar-refractivity contribution in [1.29, 1.82) is 0 Å². The Balaban J connectivity index is 3.10. The van der Waals surface area contributed by atoms with E-state index in [4.69, 9.17) is 4.74 Å². The van der Waals surface area contributed by atoms with Crippen LogP contribution in [-0.2, 0) is 0 Å². The van der Waals surface area contributed by atoms with Crippen LogP contribution in [0.4, 0.5) is 0 Å². The molecule has 0 fully saturated rings. The molecular formula is C13H19IOSi. The van der Waals surface area contributed by atoms with Crippen LogP contribution in [0.1, 0.15) is 12.5 Å². The van der Waals surface area contributed by atoms with Gasteiger partial charge in [-0.15, -0.1) is 0 Å². The molecule has 3 heteroatoms. The van der Waals surface area contributed by atoms with Crippen LogP contribution in [0.25, 0.3) is 5.57 Å². The second-order valence-electron chi connectivity index (χ2n) is 5.04. The monoisotopic (exact) mass is 346 g/mol. The van der Waals surface area contributed by atoms with Gasteiger partial charge in [0, 0.05) is 3.57 Å². The molecule has 0 radical (unpaired) electrons. The van der Waals surface area contributed by atoms with Gasteiger partial charge in [0.25, 0.3) is 0 Å². The lowest BCUT2D eigenvalue weighted by Crippen LogP contribution is -2.16. The maximum atomic E-state index is 5.22. The number of methoxy groups -OCH3 is 1. The molecule has 0 saturated heterocycles. The summed E-state index contributed by atoms with van der Waals surface area (Å²) in [6.07, 6.45) is 0. The van der Waals surface area contributed by atoms with Gasteiger partial charge in [-0.1, -0.05) is 30.9 Å². The van der Waals surface area contributed by atoms with Crippen LogP contribution in [0.5, 0.6) is 5.75 Å². The summed E-state index contributed by atoms with van der Waals surface area (Å²) in [5.41, 5.74) is 5.15. The van der Waals surface area contributed by atoms with E-state index >= 15 is 0 Å². The minimum Gasteiger partial charge on any atom is -0.497 e. The number of rotatable bonds is 3. The number of hydrogen-bond donors (Lipinski definition) is 0. The van der Waals surface area contributed by atoms with E-state index in [9.17, 15) is 0 Å². The second kappa shape index (κ2) is 5.36. The van der Waals surface area contributed by atoms with Crippen molar-refractivity contribution < 1.29 is 4.74 Å². The highest BCUT2D eigenvalue weighted by Gasteiger charge is 2.11. The molecule has 0 amide bonds. The zero-order valence-corrected chi connectivity index (χ0v) is 13.8. The lowest BCUT2D eigenvalue weighted by molar-refractivity contribution is 0.414. The van der Waals surface area contributed by atoms with Gasteiger partial charge in [-0.3, -0.25) is 0 Å². The predicted molar refractivity (Wildman–Crippen MR) is 82.7 cm³/mol. The molecule has 0 unspecified atom stereocenters. The van der Waals surface area contributed by atoms with Crippen molar-refractivity contribution in [2.24, 2.45) is 0 Å². The SMILES string of the molecule is COc1ccc(/C(C)=C/[Si](C)(C)C)c(I)c1. The predicted octanol–water partition coefficient (Wildman–Crippen LogP) is 4.58. The third kappa shape index (κ3) is 3.94. The Morgan fingerprint density at radius 3 is 2.38 bits per heavy atom. The molecule has 0 N–H and O–H groups in total. The molecule has 0 atom stereocenters. The first-order valence-electron chi connectivity index (χ1n) is 5.37. The van der Waals surface area contributed by atoms with Crippen LogP contribution in [0.15, 0.2) is 23.9 Å². The average molecular weight is 346 g/mol. The van der Waals surface area contributed by atoms with Crippen LogP contribution >= 0.6 is 22.6 Å². The van der Waals surface area contributed by atoms with Gasteiger partial charge in [0.2, 0.25) is 0 Å². The van der Waals surface area contributed by atoms with Gasteiger partial charge >= 0.3 is 0 Å². The lowest BCUT2D eigenvalue weighted by Gasteiger charge is -2.13. The zero-order valence-electron chi connectivity index (χ0n) is 10.6. The average Bonchev–Trinajstić information content (AvgIpc) is 2.14. The summed E-state index contributed by atoms with van der Waals surface area (Å²) >= 11 is 2.37. The highest BCUT2D eigenvalue weighted by molar-refractivity contribution is 14.1. The van der Waals surface area contributed by atoms with Crippen molar-refractivity contribution in [3.05, 3.63) is 33.0 Å².